The summed E-state index contributed by atoms with van der Waals surface area (Å²) in [6, 6.07) is 11.4. The van der Waals surface area contributed by atoms with E-state index in [1.807, 2.05) is 56.5 Å². The molecule has 9 heteroatoms. The van der Waals surface area contributed by atoms with Gasteiger partial charge in [0.05, 0.1) is 6.26 Å². The SMILES string of the molecule is CSc1ccc(C(=O)C2CN(S(C)(=O)=O)C[C@@H]2CCc2cc(C)c(OC(C)(C)C(=O)O)c(C)c2)cc1. The predicted molar refractivity (Wildman–Crippen MR) is 143 cm³/mol. The number of thioether (sulfide) groups is 1. The van der Waals surface area contributed by atoms with Crippen LogP contribution < -0.4 is 4.74 Å². The highest BCUT2D eigenvalue weighted by molar-refractivity contribution is 7.98. The largest absolute Gasteiger partial charge is 0.478 e. The molecule has 3 rings (SSSR count). The van der Waals surface area contributed by atoms with Gasteiger partial charge in [-0.1, -0.05) is 24.3 Å². The third-order valence-corrected chi connectivity index (χ3v) is 8.76. The van der Waals surface area contributed by atoms with Crippen LogP contribution in [0, 0.1) is 25.7 Å². The first kappa shape index (κ1) is 28.2. The van der Waals surface area contributed by atoms with Crippen LogP contribution in [0.5, 0.6) is 5.75 Å². The summed E-state index contributed by atoms with van der Waals surface area (Å²) < 4.78 is 31.8. The number of nitrogens with zero attached hydrogens (tertiary/aromatic N) is 1. The molecule has 1 saturated heterocycles. The van der Waals surface area contributed by atoms with Crippen LogP contribution in [0.1, 0.15) is 47.3 Å². The van der Waals surface area contributed by atoms with E-state index in [4.69, 9.17) is 4.74 Å². The third kappa shape index (κ3) is 6.49. The molecule has 196 valence electrons. The number of aliphatic carboxylic acids is 1. The zero-order valence-electron chi connectivity index (χ0n) is 21.7. The van der Waals surface area contributed by atoms with Crippen molar-refractivity contribution in [2.75, 3.05) is 25.6 Å². The van der Waals surface area contributed by atoms with Gasteiger partial charge in [0.2, 0.25) is 10.0 Å². The summed E-state index contributed by atoms with van der Waals surface area (Å²) in [7, 11) is -3.41. The first-order valence-electron chi connectivity index (χ1n) is 11.9. The lowest BCUT2D eigenvalue weighted by atomic mass is 9.84. The Kier molecular flexibility index (Phi) is 8.58. The molecule has 1 aliphatic rings. The second-order valence-corrected chi connectivity index (χ2v) is 12.9. The molecular weight excluding hydrogens is 498 g/mol. The van der Waals surface area contributed by atoms with E-state index in [0.29, 0.717) is 30.7 Å². The van der Waals surface area contributed by atoms with Gasteiger partial charge >= 0.3 is 5.97 Å². The number of ether oxygens (including phenoxy) is 1. The van der Waals surface area contributed by atoms with Crippen LogP contribution in [0.3, 0.4) is 0 Å². The maximum Gasteiger partial charge on any atom is 0.347 e. The number of carboxylic acid groups (broad SMARTS) is 1. The second-order valence-electron chi connectivity index (χ2n) is 10.1. The highest BCUT2D eigenvalue weighted by Gasteiger charge is 2.41. The summed E-state index contributed by atoms with van der Waals surface area (Å²) in [6.45, 7) is 7.32. The zero-order chi connectivity index (χ0) is 26.8. The van der Waals surface area contributed by atoms with Gasteiger partial charge in [-0.3, -0.25) is 4.79 Å². The van der Waals surface area contributed by atoms with Gasteiger partial charge in [-0.25, -0.2) is 17.5 Å². The molecule has 0 aliphatic carbocycles. The van der Waals surface area contributed by atoms with Crippen molar-refractivity contribution in [3.63, 3.8) is 0 Å². The van der Waals surface area contributed by atoms with Crippen LogP contribution in [0.4, 0.5) is 0 Å². The maximum atomic E-state index is 13.4. The van der Waals surface area contributed by atoms with Gasteiger partial charge in [0.25, 0.3) is 0 Å². The Hall–Kier alpha value is -2.36. The number of sulfonamides is 1. The number of aryl methyl sites for hydroxylation is 3. The Morgan fingerprint density at radius 2 is 1.69 bits per heavy atom. The number of Topliss-reactive ketones (excluding diaryl/α,β-unsaturated/α-hetero) is 1. The van der Waals surface area contributed by atoms with Crippen LogP contribution in [-0.2, 0) is 21.2 Å². The standard InChI is InChI=1S/C27H35NO6S2/c1-17-13-19(14-18(2)25(17)34-27(3,4)26(30)31)7-8-21-15-28(36(6,32)33)16-23(21)24(29)20-9-11-22(35-5)12-10-20/h9-14,21,23H,7-8,15-16H2,1-6H3,(H,30,31)/t21-,23?/m0/s1. The van der Waals surface area contributed by atoms with E-state index in [2.05, 4.69) is 0 Å². The van der Waals surface area contributed by atoms with Gasteiger partial charge in [-0.05, 0) is 81.5 Å². The quantitative estimate of drug-likeness (QED) is 0.352. The zero-order valence-corrected chi connectivity index (χ0v) is 23.3. The Morgan fingerprint density at radius 1 is 1.11 bits per heavy atom. The third-order valence-electron chi connectivity index (χ3n) is 6.78. The van der Waals surface area contributed by atoms with E-state index in [9.17, 15) is 23.1 Å². The van der Waals surface area contributed by atoms with Gasteiger partial charge in [-0.15, -0.1) is 11.8 Å². The molecule has 0 saturated carbocycles. The first-order valence-corrected chi connectivity index (χ1v) is 15.0. The average molecular weight is 534 g/mol. The summed E-state index contributed by atoms with van der Waals surface area (Å²) >= 11 is 1.60. The molecule has 0 aromatic heterocycles. The summed E-state index contributed by atoms with van der Waals surface area (Å²) in [6.07, 6.45) is 4.49. The number of ketones is 1. The highest BCUT2D eigenvalue weighted by Crippen LogP contribution is 2.34. The molecule has 2 aromatic carbocycles. The van der Waals surface area contributed by atoms with Crippen molar-refractivity contribution in [1.82, 2.24) is 4.31 Å². The van der Waals surface area contributed by atoms with Crippen molar-refractivity contribution in [3.05, 3.63) is 58.7 Å². The molecule has 1 N–H and O–H groups in total. The number of hydrogen-bond acceptors (Lipinski definition) is 6. The predicted octanol–water partition coefficient (Wildman–Crippen LogP) is 4.59. The molecule has 1 aliphatic heterocycles. The molecule has 2 atom stereocenters. The Balaban J connectivity index is 1.79. The fourth-order valence-electron chi connectivity index (χ4n) is 4.66. The van der Waals surface area contributed by atoms with Gasteiger partial charge in [0.15, 0.2) is 11.4 Å². The van der Waals surface area contributed by atoms with Crippen LogP contribution in [-0.4, -0.2) is 60.8 Å². The van der Waals surface area contributed by atoms with E-state index in [1.54, 1.807) is 11.8 Å². The lowest BCUT2D eigenvalue weighted by Gasteiger charge is -2.25. The Bertz CT molecular complexity index is 1210. The van der Waals surface area contributed by atoms with Crippen LogP contribution in [0.15, 0.2) is 41.3 Å². The number of carbonyl (C=O) groups excluding carboxylic acids is 1. The fraction of sp³-hybridized carbons (Fsp3) is 0.481. The number of carbonyl (C=O) groups is 2. The van der Waals surface area contributed by atoms with Crippen molar-refractivity contribution in [2.45, 2.75) is 51.0 Å². The van der Waals surface area contributed by atoms with Crippen molar-refractivity contribution >= 4 is 33.5 Å². The minimum atomic E-state index is -3.41. The topological polar surface area (TPSA) is 101 Å². The minimum Gasteiger partial charge on any atom is -0.478 e. The number of carboxylic acids is 1. The number of benzene rings is 2. The molecular formula is C27H35NO6S2. The molecule has 1 fully saturated rings. The van der Waals surface area contributed by atoms with E-state index >= 15 is 0 Å². The van der Waals surface area contributed by atoms with Crippen molar-refractivity contribution in [3.8, 4) is 5.75 Å². The normalized spacial score (nSPS) is 18.8. The van der Waals surface area contributed by atoms with Crippen molar-refractivity contribution < 1.29 is 27.9 Å². The molecule has 2 aromatic rings. The Labute approximate surface area is 218 Å². The van der Waals surface area contributed by atoms with E-state index in [1.165, 1.54) is 24.4 Å². The van der Waals surface area contributed by atoms with Gasteiger partial charge in [-0.2, -0.15) is 0 Å². The monoisotopic (exact) mass is 533 g/mol. The smallest absolute Gasteiger partial charge is 0.347 e. The average Bonchev–Trinajstić information content (AvgIpc) is 3.24. The molecule has 0 radical (unpaired) electrons. The first-order chi connectivity index (χ1) is 16.7. The van der Waals surface area contributed by atoms with Crippen LogP contribution >= 0.6 is 11.8 Å². The molecule has 1 unspecified atom stereocenters. The lowest BCUT2D eigenvalue weighted by molar-refractivity contribution is -0.152. The highest BCUT2D eigenvalue weighted by atomic mass is 32.2. The molecule has 1 heterocycles. The van der Waals surface area contributed by atoms with Crippen molar-refractivity contribution in [2.24, 2.45) is 11.8 Å². The van der Waals surface area contributed by atoms with Gasteiger partial charge in [0.1, 0.15) is 5.75 Å². The minimum absolute atomic E-state index is 0.0224. The van der Waals surface area contributed by atoms with Gasteiger partial charge < -0.3 is 9.84 Å². The molecule has 0 amide bonds. The second kappa shape index (κ2) is 10.9. The van der Waals surface area contributed by atoms with E-state index < -0.39 is 27.5 Å². The Morgan fingerprint density at radius 3 is 2.19 bits per heavy atom. The summed E-state index contributed by atoms with van der Waals surface area (Å²) in [5, 5.41) is 9.40. The molecule has 7 nitrogen and oxygen atoms in total. The van der Waals surface area contributed by atoms with Crippen LogP contribution in [0.2, 0.25) is 0 Å². The number of hydrogen-bond donors (Lipinski definition) is 1. The molecule has 0 spiro atoms. The maximum absolute atomic E-state index is 13.4. The van der Waals surface area contributed by atoms with E-state index in [0.717, 1.165) is 21.6 Å². The summed E-state index contributed by atoms with van der Waals surface area (Å²) in [5.74, 6) is -1.01. The van der Waals surface area contributed by atoms with Crippen LogP contribution in [0.25, 0.3) is 0 Å². The fourth-order valence-corrected chi connectivity index (χ4v) is 5.96. The van der Waals surface area contributed by atoms with Gasteiger partial charge in [0, 0.05) is 29.5 Å². The summed E-state index contributed by atoms with van der Waals surface area (Å²) in [5.41, 5.74) is 1.97. The molecule has 36 heavy (non-hydrogen) atoms. The summed E-state index contributed by atoms with van der Waals surface area (Å²) in [4.78, 5) is 25.9. The molecule has 0 bridgehead atoms. The van der Waals surface area contributed by atoms with E-state index in [-0.39, 0.29) is 18.2 Å². The number of rotatable bonds is 10. The lowest BCUT2D eigenvalue weighted by Crippen LogP contribution is -2.38. The van der Waals surface area contributed by atoms with Crippen molar-refractivity contribution in [1.29, 1.82) is 0 Å².